The van der Waals surface area contributed by atoms with E-state index in [-0.39, 0.29) is 17.1 Å². The highest BCUT2D eigenvalue weighted by atomic mass is 35.5. The molecule has 2 heterocycles. The van der Waals surface area contributed by atoms with E-state index in [1.807, 2.05) is 31.1 Å². The second-order valence-electron chi connectivity index (χ2n) is 7.74. The molecule has 1 N–H and O–H groups in total. The Bertz CT molecular complexity index is 1600. The van der Waals surface area contributed by atoms with Crippen LogP contribution in [0.15, 0.2) is 81.0 Å². The van der Waals surface area contributed by atoms with Gasteiger partial charge in [-0.25, -0.2) is 4.98 Å². The van der Waals surface area contributed by atoms with Crippen LogP contribution in [0.1, 0.15) is 5.56 Å². The fourth-order valence-electron chi connectivity index (χ4n) is 3.55. The van der Waals surface area contributed by atoms with Crippen molar-refractivity contribution >= 4 is 45.4 Å². The highest BCUT2D eigenvalue weighted by Crippen LogP contribution is 2.29. The Hall–Kier alpha value is -4.10. The van der Waals surface area contributed by atoms with Gasteiger partial charge >= 0.3 is 0 Å². The molecule has 0 saturated heterocycles. The topological polar surface area (TPSA) is 83.9 Å². The van der Waals surface area contributed by atoms with Crippen molar-refractivity contribution in [3.8, 4) is 17.3 Å². The fraction of sp³-hybridized carbons (Fsp3) is 0.0800. The lowest BCUT2D eigenvalue weighted by Gasteiger charge is -2.13. The Morgan fingerprint density at radius 3 is 2.70 bits per heavy atom. The Balaban J connectivity index is 1.69. The average Bonchev–Trinajstić information content (AvgIpc) is 3.22. The Morgan fingerprint density at radius 2 is 1.91 bits per heavy atom. The van der Waals surface area contributed by atoms with E-state index < -0.39 is 0 Å². The Morgan fingerprint density at radius 1 is 1.09 bits per heavy atom. The molecule has 7 nitrogen and oxygen atoms in total. The summed E-state index contributed by atoms with van der Waals surface area (Å²) in [4.78, 5) is 19.8. The minimum Gasteiger partial charge on any atom is -0.507 e. The van der Waals surface area contributed by atoms with Crippen molar-refractivity contribution in [2.75, 3.05) is 19.0 Å². The van der Waals surface area contributed by atoms with Crippen LogP contribution in [0, 0.1) is 0 Å². The van der Waals surface area contributed by atoms with Crippen molar-refractivity contribution in [2.24, 2.45) is 5.10 Å². The van der Waals surface area contributed by atoms with Gasteiger partial charge in [-0.15, -0.1) is 0 Å². The van der Waals surface area contributed by atoms with Gasteiger partial charge in [-0.1, -0.05) is 23.7 Å². The molecule has 0 aliphatic heterocycles. The second-order valence-corrected chi connectivity index (χ2v) is 8.18. The summed E-state index contributed by atoms with van der Waals surface area (Å²) in [5.41, 5.74) is 2.10. The molecule has 3 aromatic carbocycles. The lowest BCUT2D eigenvalue weighted by molar-refractivity contribution is 0.474. The molecule has 0 radical (unpaired) electrons. The molecule has 0 aliphatic rings. The van der Waals surface area contributed by atoms with Crippen LogP contribution in [0.3, 0.4) is 0 Å². The van der Waals surface area contributed by atoms with E-state index in [1.54, 1.807) is 54.6 Å². The number of phenols is 1. The molecule has 0 atom stereocenters. The number of anilines is 1. The van der Waals surface area contributed by atoms with Crippen molar-refractivity contribution in [2.45, 2.75) is 0 Å². The first-order valence-electron chi connectivity index (χ1n) is 10.2. The molecule has 0 saturated carbocycles. The molecule has 0 unspecified atom stereocenters. The molecule has 0 bridgehead atoms. The molecule has 2 aromatic heterocycles. The van der Waals surface area contributed by atoms with Gasteiger partial charge in [0.1, 0.15) is 11.3 Å². The first kappa shape index (κ1) is 20.8. The summed E-state index contributed by atoms with van der Waals surface area (Å²) in [5.74, 6) is 0.665. The first-order valence-corrected chi connectivity index (χ1v) is 10.5. The van der Waals surface area contributed by atoms with Gasteiger partial charge in [0.2, 0.25) is 5.82 Å². The van der Waals surface area contributed by atoms with Crippen LogP contribution in [0.2, 0.25) is 5.02 Å². The molecule has 0 spiro atoms. The third-order valence-corrected chi connectivity index (χ3v) is 5.53. The maximum Gasteiger partial charge on any atom is 0.282 e. The number of nitrogens with zero attached hydrogens (tertiary/aromatic N) is 4. The number of aromatic hydroxyl groups is 1. The number of fused-ring (bicyclic) bond motifs is 2. The van der Waals surface area contributed by atoms with Gasteiger partial charge in [0, 0.05) is 41.8 Å². The lowest BCUT2D eigenvalue weighted by atomic mass is 10.2. The summed E-state index contributed by atoms with van der Waals surface area (Å²) in [6.07, 6.45) is 1.43. The minimum atomic E-state index is -0.352. The van der Waals surface area contributed by atoms with Gasteiger partial charge in [-0.2, -0.15) is 9.78 Å². The van der Waals surface area contributed by atoms with E-state index >= 15 is 0 Å². The highest BCUT2D eigenvalue weighted by Gasteiger charge is 2.16. The van der Waals surface area contributed by atoms with Crippen LogP contribution in [0.5, 0.6) is 5.75 Å². The zero-order valence-corrected chi connectivity index (χ0v) is 18.6. The van der Waals surface area contributed by atoms with E-state index in [1.165, 1.54) is 10.9 Å². The van der Waals surface area contributed by atoms with E-state index in [4.69, 9.17) is 16.0 Å². The largest absolute Gasteiger partial charge is 0.507 e. The van der Waals surface area contributed by atoms with Crippen molar-refractivity contribution < 1.29 is 9.52 Å². The van der Waals surface area contributed by atoms with E-state index in [2.05, 4.69) is 10.1 Å². The second kappa shape index (κ2) is 8.11. The number of benzene rings is 3. The number of halogens is 1. The summed E-state index contributed by atoms with van der Waals surface area (Å²) >= 11 is 6.11. The molecular formula is C25H19ClN4O3. The predicted molar refractivity (Wildman–Crippen MR) is 132 cm³/mol. The van der Waals surface area contributed by atoms with Gasteiger partial charge < -0.3 is 14.4 Å². The molecule has 0 amide bonds. The summed E-state index contributed by atoms with van der Waals surface area (Å²) in [5, 5.41) is 16.6. The smallest absolute Gasteiger partial charge is 0.282 e. The standard InChI is InChI=1S/C25H19ClN4O3/c1-29(2)18-9-7-15(21(31)13-18)14-27-30-24(28-20-6-4-3-5-19(20)25(30)32)23-12-16-11-17(26)8-10-22(16)33-23/h3-14,31H,1-2H3. The maximum atomic E-state index is 13.3. The van der Waals surface area contributed by atoms with Crippen molar-refractivity contribution in [1.82, 2.24) is 9.66 Å². The van der Waals surface area contributed by atoms with Gasteiger partial charge in [-0.3, -0.25) is 4.79 Å². The van der Waals surface area contributed by atoms with Crippen molar-refractivity contribution in [3.05, 3.63) is 87.7 Å². The number of phenolic OH excluding ortho intramolecular Hbond substituents is 1. The molecule has 33 heavy (non-hydrogen) atoms. The van der Waals surface area contributed by atoms with Crippen molar-refractivity contribution in [1.29, 1.82) is 0 Å². The normalized spacial score (nSPS) is 11.6. The molecule has 0 fully saturated rings. The maximum absolute atomic E-state index is 13.3. The zero-order chi connectivity index (χ0) is 23.1. The number of aromatic nitrogens is 2. The fourth-order valence-corrected chi connectivity index (χ4v) is 3.73. The zero-order valence-electron chi connectivity index (χ0n) is 17.9. The van der Waals surface area contributed by atoms with Crippen LogP contribution >= 0.6 is 11.6 Å². The number of hydrogen-bond acceptors (Lipinski definition) is 6. The van der Waals surface area contributed by atoms with E-state index in [0.29, 0.717) is 32.8 Å². The Kier molecular flexibility index (Phi) is 5.11. The van der Waals surface area contributed by atoms with E-state index in [9.17, 15) is 9.90 Å². The lowest BCUT2D eigenvalue weighted by Crippen LogP contribution is -2.20. The van der Waals surface area contributed by atoms with Crippen LogP contribution in [0.4, 0.5) is 5.69 Å². The molecule has 0 aliphatic carbocycles. The van der Waals surface area contributed by atoms with Gasteiger partial charge in [0.15, 0.2) is 5.76 Å². The number of furan rings is 1. The molecule has 164 valence electrons. The molecular weight excluding hydrogens is 440 g/mol. The van der Waals surface area contributed by atoms with Gasteiger partial charge in [-0.05, 0) is 48.5 Å². The molecule has 5 rings (SSSR count). The summed E-state index contributed by atoms with van der Waals surface area (Å²) in [6, 6.07) is 19.3. The van der Waals surface area contributed by atoms with Crippen LogP contribution in [0.25, 0.3) is 33.5 Å². The first-order chi connectivity index (χ1) is 15.9. The highest BCUT2D eigenvalue weighted by molar-refractivity contribution is 6.31. The van der Waals surface area contributed by atoms with Crippen molar-refractivity contribution in [3.63, 3.8) is 0 Å². The van der Waals surface area contributed by atoms with Crippen LogP contribution in [-0.4, -0.2) is 35.1 Å². The molecule has 5 aromatic rings. The quantitative estimate of drug-likeness (QED) is 0.378. The number of para-hydroxylation sites is 1. The summed E-state index contributed by atoms with van der Waals surface area (Å²) < 4.78 is 7.14. The summed E-state index contributed by atoms with van der Waals surface area (Å²) in [7, 11) is 3.77. The van der Waals surface area contributed by atoms with Gasteiger partial charge in [0.05, 0.1) is 17.1 Å². The third-order valence-electron chi connectivity index (χ3n) is 5.30. The predicted octanol–water partition coefficient (Wildman–Crippen LogP) is 5.12. The van der Waals surface area contributed by atoms with Crippen LogP contribution in [-0.2, 0) is 0 Å². The SMILES string of the molecule is CN(C)c1ccc(C=Nn2c(-c3cc4cc(Cl)ccc4o3)nc3ccccc3c2=O)c(O)c1. The van der Waals surface area contributed by atoms with E-state index in [0.717, 1.165) is 11.1 Å². The Labute approximate surface area is 193 Å². The number of hydrogen-bond donors (Lipinski definition) is 1. The monoisotopic (exact) mass is 458 g/mol. The summed E-state index contributed by atoms with van der Waals surface area (Å²) in [6.45, 7) is 0. The number of rotatable bonds is 4. The third kappa shape index (κ3) is 3.83. The minimum absolute atomic E-state index is 0.0478. The average molecular weight is 459 g/mol. The molecule has 8 heteroatoms. The van der Waals surface area contributed by atoms with Crippen LogP contribution < -0.4 is 10.5 Å². The van der Waals surface area contributed by atoms with Gasteiger partial charge in [0.25, 0.3) is 5.56 Å².